The van der Waals surface area contributed by atoms with Gasteiger partial charge in [0.2, 0.25) is 0 Å². The summed E-state index contributed by atoms with van der Waals surface area (Å²) in [6.45, 7) is 8.81. The van der Waals surface area contributed by atoms with Crippen molar-refractivity contribution in [3.8, 4) is 17.3 Å². The molecule has 36 heavy (non-hydrogen) atoms. The molecule has 11 heteroatoms. The van der Waals surface area contributed by atoms with E-state index >= 15 is 0 Å². The molecule has 1 aromatic carbocycles. The van der Waals surface area contributed by atoms with E-state index in [1.165, 1.54) is 30.3 Å². The number of aliphatic hydroxyl groups is 2. The second kappa shape index (κ2) is 11.9. The highest BCUT2D eigenvalue weighted by molar-refractivity contribution is 7.86. The Bertz CT molecular complexity index is 1190. The van der Waals surface area contributed by atoms with E-state index in [9.17, 15) is 27.8 Å². The van der Waals surface area contributed by atoms with Crippen molar-refractivity contribution in [1.82, 2.24) is 9.97 Å². The Morgan fingerprint density at radius 1 is 1.14 bits per heavy atom. The number of aromatic nitrogens is 2. The molecular formula is C25H33FN2O7S. The number of rotatable bonds is 10. The summed E-state index contributed by atoms with van der Waals surface area (Å²) in [7, 11) is -3.91. The van der Waals surface area contributed by atoms with Gasteiger partial charge in [-0.25, -0.2) is 4.39 Å². The maximum Gasteiger partial charge on any atom is 0.333 e. The minimum absolute atomic E-state index is 0.130. The van der Waals surface area contributed by atoms with Crippen LogP contribution in [0.2, 0.25) is 0 Å². The van der Waals surface area contributed by atoms with Gasteiger partial charge in [-0.2, -0.15) is 18.4 Å². The van der Waals surface area contributed by atoms with Gasteiger partial charge in [0.15, 0.2) is 0 Å². The number of halogens is 1. The number of benzene rings is 1. The molecule has 0 aliphatic rings. The van der Waals surface area contributed by atoms with Crippen LogP contribution in [0, 0.1) is 5.82 Å². The fourth-order valence-electron chi connectivity index (χ4n) is 3.29. The van der Waals surface area contributed by atoms with Crippen molar-refractivity contribution in [2.45, 2.75) is 71.2 Å². The molecule has 2 rings (SSSR count). The molecule has 2 unspecified atom stereocenters. The molecule has 0 spiro atoms. The highest BCUT2D eigenvalue weighted by Gasteiger charge is 2.22. The lowest BCUT2D eigenvalue weighted by molar-refractivity contribution is -0.157. The van der Waals surface area contributed by atoms with Crippen LogP contribution in [0.4, 0.5) is 4.39 Å². The predicted octanol–water partition coefficient (Wildman–Crippen LogP) is 3.60. The van der Waals surface area contributed by atoms with Crippen LogP contribution in [0.1, 0.15) is 64.6 Å². The molecule has 1 aromatic heterocycles. The Hall–Kier alpha value is -2.89. The first-order chi connectivity index (χ1) is 16.5. The Kier molecular flexibility index (Phi) is 9.70. The van der Waals surface area contributed by atoms with Gasteiger partial charge in [-0.1, -0.05) is 26.0 Å². The Morgan fingerprint density at radius 2 is 1.75 bits per heavy atom. The minimum Gasteiger partial charge on any atom is -0.460 e. The predicted molar refractivity (Wildman–Crippen MR) is 133 cm³/mol. The van der Waals surface area contributed by atoms with E-state index in [-0.39, 0.29) is 30.5 Å². The number of esters is 1. The Balaban J connectivity index is 2.40. The summed E-state index contributed by atoms with van der Waals surface area (Å²) in [5.41, 5.74) is 0.939. The highest BCUT2D eigenvalue weighted by Crippen LogP contribution is 2.31. The molecule has 9 nitrogen and oxygen atoms in total. The third-order valence-corrected chi connectivity index (χ3v) is 5.12. The molecule has 2 N–H and O–H groups in total. The van der Waals surface area contributed by atoms with Crippen molar-refractivity contribution in [3.63, 3.8) is 0 Å². The van der Waals surface area contributed by atoms with E-state index in [1.807, 2.05) is 13.8 Å². The van der Waals surface area contributed by atoms with Crippen LogP contribution in [-0.4, -0.2) is 58.6 Å². The zero-order valence-corrected chi connectivity index (χ0v) is 22.0. The number of nitrogens with zero attached hydrogens (tertiary/aromatic N) is 2. The third kappa shape index (κ3) is 9.63. The molecule has 2 aromatic rings. The first-order valence-electron chi connectivity index (χ1n) is 11.4. The van der Waals surface area contributed by atoms with E-state index in [1.54, 1.807) is 26.8 Å². The molecule has 0 fully saturated rings. The van der Waals surface area contributed by atoms with Crippen molar-refractivity contribution >= 4 is 22.2 Å². The van der Waals surface area contributed by atoms with Gasteiger partial charge in [-0.05, 0) is 51.0 Å². The first-order valence-corrected chi connectivity index (χ1v) is 13.2. The van der Waals surface area contributed by atoms with E-state index in [0.29, 0.717) is 16.8 Å². The number of carbonyl (C=O) groups excluding carboxylic acids is 1. The average molecular weight is 525 g/mol. The van der Waals surface area contributed by atoms with Crippen molar-refractivity contribution < 1.29 is 36.7 Å². The van der Waals surface area contributed by atoms with Crippen LogP contribution in [0.5, 0.6) is 6.01 Å². The van der Waals surface area contributed by atoms with Gasteiger partial charge in [0.25, 0.3) is 0 Å². The van der Waals surface area contributed by atoms with E-state index in [2.05, 4.69) is 9.97 Å². The molecule has 0 saturated carbocycles. The summed E-state index contributed by atoms with van der Waals surface area (Å²) in [6.07, 6.45) is 1.15. The fourth-order valence-corrected chi connectivity index (χ4v) is 3.64. The van der Waals surface area contributed by atoms with Crippen LogP contribution in [0.15, 0.2) is 30.3 Å². The summed E-state index contributed by atoms with van der Waals surface area (Å²) in [5, 5.41) is 20.7. The zero-order chi connectivity index (χ0) is 27.3. The minimum atomic E-state index is -3.91. The monoisotopic (exact) mass is 524 g/mol. The summed E-state index contributed by atoms with van der Waals surface area (Å²) < 4.78 is 47.0. The summed E-state index contributed by atoms with van der Waals surface area (Å²) in [4.78, 5) is 20.4. The van der Waals surface area contributed by atoms with Crippen molar-refractivity contribution in [2.24, 2.45) is 0 Å². The second-order valence-corrected chi connectivity index (χ2v) is 11.3. The molecule has 0 amide bonds. The lowest BCUT2D eigenvalue weighted by atomic mass is 9.97. The molecule has 0 bridgehead atoms. The quantitative estimate of drug-likeness (QED) is 0.353. The number of carbonyl (C=O) groups is 1. The molecule has 198 valence electrons. The Labute approximate surface area is 211 Å². The number of hydrogen-bond donors (Lipinski definition) is 2. The van der Waals surface area contributed by atoms with E-state index < -0.39 is 39.7 Å². The van der Waals surface area contributed by atoms with Crippen LogP contribution < -0.4 is 4.18 Å². The van der Waals surface area contributed by atoms with Gasteiger partial charge in [-0.15, -0.1) is 0 Å². The lowest BCUT2D eigenvalue weighted by Gasteiger charge is -2.21. The second-order valence-electron chi connectivity index (χ2n) is 9.71. The van der Waals surface area contributed by atoms with Crippen LogP contribution in [0.3, 0.4) is 0 Å². The molecule has 0 saturated heterocycles. The third-order valence-electron chi connectivity index (χ3n) is 4.67. The standard InChI is InChI=1S/C25H33FN2O7S/c1-15(2)22-20(12-11-18(29)13-19(30)14-21(31)34-25(3,4)5)23(16-7-9-17(26)10-8-16)28-24(27-22)35-36(6,32)33/h7-12,15,18-19,29-30H,13-14H2,1-6H3. The van der Waals surface area contributed by atoms with Crippen LogP contribution >= 0.6 is 0 Å². The molecule has 0 radical (unpaired) electrons. The van der Waals surface area contributed by atoms with Crippen molar-refractivity contribution in [1.29, 1.82) is 0 Å². The van der Waals surface area contributed by atoms with E-state index in [4.69, 9.17) is 8.92 Å². The molecule has 0 aliphatic heterocycles. The number of aliphatic hydroxyl groups excluding tert-OH is 2. The van der Waals surface area contributed by atoms with Gasteiger partial charge >= 0.3 is 22.1 Å². The maximum absolute atomic E-state index is 13.5. The highest BCUT2D eigenvalue weighted by atomic mass is 32.2. The number of ether oxygens (including phenoxy) is 1. The topological polar surface area (TPSA) is 136 Å². The van der Waals surface area contributed by atoms with Crippen LogP contribution in [0.25, 0.3) is 17.3 Å². The van der Waals surface area contributed by atoms with Gasteiger partial charge in [0.1, 0.15) is 11.4 Å². The van der Waals surface area contributed by atoms with Gasteiger partial charge < -0.3 is 19.1 Å². The molecule has 2 atom stereocenters. The largest absolute Gasteiger partial charge is 0.460 e. The smallest absolute Gasteiger partial charge is 0.333 e. The lowest BCUT2D eigenvalue weighted by Crippen LogP contribution is -2.27. The fraction of sp³-hybridized carbons (Fsp3) is 0.480. The summed E-state index contributed by atoms with van der Waals surface area (Å²) in [5.74, 6) is -1.25. The summed E-state index contributed by atoms with van der Waals surface area (Å²) in [6, 6.07) is 5.04. The SMILES string of the molecule is CC(C)c1nc(OS(C)(=O)=O)nc(-c2ccc(F)cc2)c1C=CC(O)CC(O)CC(=O)OC(C)(C)C. The van der Waals surface area contributed by atoms with Crippen LogP contribution in [-0.2, 0) is 19.6 Å². The Morgan fingerprint density at radius 3 is 2.28 bits per heavy atom. The van der Waals surface area contributed by atoms with Crippen molar-refractivity contribution in [3.05, 3.63) is 47.4 Å². The average Bonchev–Trinajstić information content (AvgIpc) is 2.69. The van der Waals surface area contributed by atoms with E-state index in [0.717, 1.165) is 6.26 Å². The zero-order valence-electron chi connectivity index (χ0n) is 21.2. The molecule has 1 heterocycles. The van der Waals surface area contributed by atoms with Crippen molar-refractivity contribution in [2.75, 3.05) is 6.26 Å². The summed E-state index contributed by atoms with van der Waals surface area (Å²) >= 11 is 0. The number of hydrogen-bond acceptors (Lipinski definition) is 9. The van der Waals surface area contributed by atoms with Gasteiger partial charge in [0, 0.05) is 17.5 Å². The molecule has 0 aliphatic carbocycles. The maximum atomic E-state index is 13.5. The molecular weight excluding hydrogens is 491 g/mol. The van der Waals surface area contributed by atoms with Gasteiger partial charge in [0.05, 0.1) is 36.3 Å². The first kappa shape index (κ1) is 29.3. The van der Waals surface area contributed by atoms with Gasteiger partial charge in [-0.3, -0.25) is 4.79 Å². The normalized spacial score (nSPS) is 14.2.